The third-order valence-corrected chi connectivity index (χ3v) is 4.41. The van der Waals surface area contributed by atoms with Crippen molar-refractivity contribution >= 4 is 5.91 Å². The van der Waals surface area contributed by atoms with E-state index in [0.717, 1.165) is 24.0 Å². The molecule has 1 saturated carbocycles. The molecule has 0 heterocycles. The summed E-state index contributed by atoms with van der Waals surface area (Å²) in [4.78, 5) is 14.6. The summed E-state index contributed by atoms with van der Waals surface area (Å²) in [5, 5.41) is 9.60. The molecule has 2 aromatic carbocycles. The van der Waals surface area contributed by atoms with E-state index in [4.69, 9.17) is 0 Å². The highest BCUT2D eigenvalue weighted by atomic mass is 16.3. The summed E-state index contributed by atoms with van der Waals surface area (Å²) in [7, 11) is 1.79. The number of carbonyl (C=O) groups excluding carboxylic acids is 1. The van der Waals surface area contributed by atoms with E-state index in [1.54, 1.807) is 11.9 Å². The molecule has 0 radical (unpaired) electrons. The number of nitrogens with zero attached hydrogens (tertiary/aromatic N) is 1. The topological polar surface area (TPSA) is 40.5 Å². The molecule has 1 amide bonds. The minimum Gasteiger partial charge on any atom is -0.394 e. The Kier molecular flexibility index (Phi) is 4.25. The monoisotopic (exact) mass is 295 g/mol. The summed E-state index contributed by atoms with van der Waals surface area (Å²) < 4.78 is 0. The van der Waals surface area contributed by atoms with Gasteiger partial charge in [-0.25, -0.2) is 0 Å². The average molecular weight is 295 g/mol. The standard InChI is InChI=1S/C19H21NO2/c1-20(18(13-21)15-11-12-15)19(22)17-10-6-5-9-16(17)14-7-3-2-4-8-14/h2-10,15,18,21H,11-13H2,1H3/t18-/m1/s1. The van der Waals surface area contributed by atoms with Crippen LogP contribution in [0.25, 0.3) is 11.1 Å². The molecule has 22 heavy (non-hydrogen) atoms. The highest BCUT2D eigenvalue weighted by Gasteiger charge is 2.35. The Morgan fingerprint density at radius 2 is 1.77 bits per heavy atom. The predicted octanol–water partition coefficient (Wildman–Crippen LogP) is 3.20. The molecule has 1 fully saturated rings. The van der Waals surface area contributed by atoms with Crippen LogP contribution in [0, 0.1) is 5.92 Å². The number of benzene rings is 2. The largest absolute Gasteiger partial charge is 0.394 e. The third kappa shape index (κ3) is 2.90. The van der Waals surface area contributed by atoms with Gasteiger partial charge < -0.3 is 10.0 Å². The Labute approximate surface area is 131 Å². The van der Waals surface area contributed by atoms with E-state index in [0.29, 0.717) is 11.5 Å². The van der Waals surface area contributed by atoms with Gasteiger partial charge in [0.15, 0.2) is 0 Å². The molecular formula is C19H21NO2. The van der Waals surface area contributed by atoms with Gasteiger partial charge >= 0.3 is 0 Å². The second kappa shape index (κ2) is 6.32. The Morgan fingerprint density at radius 3 is 2.41 bits per heavy atom. The molecule has 3 heteroatoms. The number of likely N-dealkylation sites (N-methyl/N-ethyl adjacent to an activating group) is 1. The molecule has 3 rings (SSSR count). The molecule has 0 bridgehead atoms. The zero-order valence-electron chi connectivity index (χ0n) is 12.8. The van der Waals surface area contributed by atoms with Crippen LogP contribution in [0.5, 0.6) is 0 Å². The lowest BCUT2D eigenvalue weighted by molar-refractivity contribution is 0.0629. The van der Waals surface area contributed by atoms with Gasteiger partial charge in [-0.05, 0) is 36.0 Å². The van der Waals surface area contributed by atoms with Crippen molar-refractivity contribution in [2.24, 2.45) is 5.92 Å². The summed E-state index contributed by atoms with van der Waals surface area (Å²) in [5.74, 6) is 0.424. The molecule has 1 aliphatic carbocycles. The fourth-order valence-corrected chi connectivity index (χ4v) is 2.95. The van der Waals surface area contributed by atoms with E-state index in [-0.39, 0.29) is 18.6 Å². The van der Waals surface area contributed by atoms with Gasteiger partial charge in [0.05, 0.1) is 12.6 Å². The van der Waals surface area contributed by atoms with E-state index in [1.165, 1.54) is 0 Å². The number of aliphatic hydroxyl groups excluding tert-OH is 1. The van der Waals surface area contributed by atoms with E-state index in [9.17, 15) is 9.90 Å². The molecule has 0 saturated heterocycles. The van der Waals surface area contributed by atoms with Crippen LogP contribution in [0.4, 0.5) is 0 Å². The smallest absolute Gasteiger partial charge is 0.254 e. The van der Waals surface area contributed by atoms with Crippen molar-refractivity contribution in [1.29, 1.82) is 0 Å². The lowest BCUT2D eigenvalue weighted by Gasteiger charge is -2.27. The molecule has 0 aliphatic heterocycles. The lowest BCUT2D eigenvalue weighted by atomic mass is 9.98. The fourth-order valence-electron chi connectivity index (χ4n) is 2.95. The fraction of sp³-hybridized carbons (Fsp3) is 0.316. The van der Waals surface area contributed by atoms with Crippen molar-refractivity contribution < 1.29 is 9.90 Å². The Bertz CT molecular complexity index is 649. The summed E-state index contributed by atoms with van der Waals surface area (Å²) in [6, 6.07) is 17.5. The Balaban J connectivity index is 1.93. The molecule has 1 N–H and O–H groups in total. The minimum absolute atomic E-state index is 0.0228. The Morgan fingerprint density at radius 1 is 1.14 bits per heavy atom. The summed E-state index contributed by atoms with van der Waals surface area (Å²) in [6.45, 7) is 0.0282. The first-order chi connectivity index (χ1) is 10.7. The molecule has 0 spiro atoms. The maximum atomic E-state index is 12.9. The molecule has 114 valence electrons. The predicted molar refractivity (Wildman–Crippen MR) is 87.6 cm³/mol. The van der Waals surface area contributed by atoms with Crippen LogP contribution in [0.3, 0.4) is 0 Å². The SMILES string of the molecule is CN(C(=O)c1ccccc1-c1ccccc1)[C@H](CO)C1CC1. The molecule has 3 nitrogen and oxygen atoms in total. The Hall–Kier alpha value is -2.13. The van der Waals surface area contributed by atoms with E-state index in [2.05, 4.69) is 0 Å². The molecule has 1 aliphatic rings. The van der Waals surface area contributed by atoms with Crippen molar-refractivity contribution in [2.45, 2.75) is 18.9 Å². The maximum absolute atomic E-state index is 12.9. The van der Waals surface area contributed by atoms with Crippen LogP contribution in [-0.2, 0) is 0 Å². The number of amides is 1. The summed E-state index contributed by atoms with van der Waals surface area (Å²) in [5.41, 5.74) is 2.66. The van der Waals surface area contributed by atoms with Gasteiger partial charge in [-0.15, -0.1) is 0 Å². The van der Waals surface area contributed by atoms with Crippen LogP contribution in [-0.4, -0.2) is 35.6 Å². The van der Waals surface area contributed by atoms with Crippen LogP contribution >= 0.6 is 0 Å². The van der Waals surface area contributed by atoms with Gasteiger partial charge in [0.25, 0.3) is 5.91 Å². The molecular weight excluding hydrogens is 274 g/mol. The van der Waals surface area contributed by atoms with Gasteiger partial charge in [0.1, 0.15) is 0 Å². The van der Waals surface area contributed by atoms with Gasteiger partial charge in [-0.3, -0.25) is 4.79 Å². The van der Waals surface area contributed by atoms with Gasteiger partial charge in [-0.2, -0.15) is 0 Å². The minimum atomic E-state index is -0.0728. The van der Waals surface area contributed by atoms with Gasteiger partial charge in [0, 0.05) is 12.6 Å². The summed E-state index contributed by atoms with van der Waals surface area (Å²) in [6.07, 6.45) is 2.20. The lowest BCUT2D eigenvalue weighted by Crippen LogP contribution is -2.41. The maximum Gasteiger partial charge on any atom is 0.254 e. The van der Waals surface area contributed by atoms with Crippen molar-refractivity contribution in [3.8, 4) is 11.1 Å². The molecule has 2 aromatic rings. The zero-order valence-corrected chi connectivity index (χ0v) is 12.8. The van der Waals surface area contributed by atoms with Crippen molar-refractivity contribution in [2.75, 3.05) is 13.7 Å². The quantitative estimate of drug-likeness (QED) is 0.920. The van der Waals surface area contributed by atoms with Crippen LogP contribution in [0.2, 0.25) is 0 Å². The van der Waals surface area contributed by atoms with Crippen molar-refractivity contribution in [3.63, 3.8) is 0 Å². The van der Waals surface area contributed by atoms with Crippen LogP contribution in [0.15, 0.2) is 54.6 Å². The van der Waals surface area contributed by atoms with Crippen LogP contribution < -0.4 is 0 Å². The summed E-state index contributed by atoms with van der Waals surface area (Å²) >= 11 is 0. The van der Waals surface area contributed by atoms with Crippen molar-refractivity contribution in [3.05, 3.63) is 60.2 Å². The normalized spacial score (nSPS) is 15.4. The van der Waals surface area contributed by atoms with Gasteiger partial charge in [-0.1, -0.05) is 48.5 Å². The highest BCUT2D eigenvalue weighted by molar-refractivity contribution is 6.00. The van der Waals surface area contributed by atoms with E-state index in [1.807, 2.05) is 54.6 Å². The highest BCUT2D eigenvalue weighted by Crippen LogP contribution is 2.35. The van der Waals surface area contributed by atoms with Crippen molar-refractivity contribution in [1.82, 2.24) is 4.90 Å². The van der Waals surface area contributed by atoms with E-state index >= 15 is 0 Å². The number of aliphatic hydroxyl groups is 1. The van der Waals surface area contributed by atoms with Crippen LogP contribution in [0.1, 0.15) is 23.2 Å². The first kappa shape index (κ1) is 14.8. The molecule has 0 aromatic heterocycles. The van der Waals surface area contributed by atoms with Gasteiger partial charge in [0.2, 0.25) is 0 Å². The first-order valence-corrected chi connectivity index (χ1v) is 7.75. The molecule has 0 unspecified atom stereocenters. The number of rotatable bonds is 5. The van der Waals surface area contributed by atoms with E-state index < -0.39 is 0 Å². The second-order valence-electron chi connectivity index (χ2n) is 5.92. The third-order valence-electron chi connectivity index (χ3n) is 4.41. The molecule has 1 atom stereocenters. The second-order valence-corrected chi connectivity index (χ2v) is 5.92. The number of carbonyl (C=O) groups is 1. The number of hydrogen-bond donors (Lipinski definition) is 1. The average Bonchev–Trinajstić information content (AvgIpc) is 3.40. The number of hydrogen-bond acceptors (Lipinski definition) is 2. The zero-order chi connectivity index (χ0) is 15.5. The first-order valence-electron chi connectivity index (χ1n) is 7.75.